The maximum atomic E-state index is 12.3. The summed E-state index contributed by atoms with van der Waals surface area (Å²) in [6.45, 7) is 1.89. The number of anilines is 1. The Hall–Kier alpha value is -2.74. The first-order chi connectivity index (χ1) is 13.1. The molecule has 2 atom stereocenters. The molecule has 1 aromatic rings. The van der Waals surface area contributed by atoms with Crippen molar-refractivity contribution in [3.05, 3.63) is 36.2 Å². The number of rotatable bonds is 5. The SMILES string of the molecule is NC(=O)C(C[C@]1(c2cccc3c2OC=CN3)CNC(=O)O1)N1CCCCC1. The molecule has 1 unspecified atom stereocenters. The summed E-state index contributed by atoms with van der Waals surface area (Å²) in [5.74, 6) is 0.196. The van der Waals surface area contributed by atoms with E-state index >= 15 is 0 Å². The third kappa shape index (κ3) is 3.32. The van der Waals surface area contributed by atoms with E-state index in [4.69, 9.17) is 15.2 Å². The van der Waals surface area contributed by atoms with Crippen molar-refractivity contribution < 1.29 is 19.1 Å². The number of carbonyl (C=O) groups excluding carboxylic acids is 2. The molecule has 8 nitrogen and oxygen atoms in total. The molecule has 0 bridgehead atoms. The van der Waals surface area contributed by atoms with E-state index in [0.717, 1.165) is 43.6 Å². The Morgan fingerprint density at radius 3 is 2.81 bits per heavy atom. The van der Waals surface area contributed by atoms with Crippen molar-refractivity contribution in [2.75, 3.05) is 25.0 Å². The maximum absolute atomic E-state index is 12.3. The Balaban J connectivity index is 1.71. The van der Waals surface area contributed by atoms with Crippen molar-refractivity contribution in [2.45, 2.75) is 37.3 Å². The van der Waals surface area contributed by atoms with Crippen LogP contribution in [0.2, 0.25) is 0 Å². The number of nitrogens with zero attached hydrogens (tertiary/aromatic N) is 1. The van der Waals surface area contributed by atoms with E-state index in [1.807, 2.05) is 18.2 Å². The van der Waals surface area contributed by atoms with Crippen molar-refractivity contribution in [1.29, 1.82) is 0 Å². The Kier molecular flexibility index (Phi) is 4.65. The van der Waals surface area contributed by atoms with E-state index in [9.17, 15) is 9.59 Å². The smallest absolute Gasteiger partial charge is 0.408 e. The number of primary amides is 1. The largest absolute Gasteiger partial charge is 0.461 e. The van der Waals surface area contributed by atoms with Crippen LogP contribution in [-0.2, 0) is 15.1 Å². The highest BCUT2D eigenvalue weighted by molar-refractivity contribution is 5.80. The van der Waals surface area contributed by atoms with E-state index in [1.165, 1.54) is 0 Å². The van der Waals surface area contributed by atoms with Crippen molar-refractivity contribution in [3.8, 4) is 5.75 Å². The van der Waals surface area contributed by atoms with Gasteiger partial charge in [-0.15, -0.1) is 0 Å². The number of cyclic esters (lactones) is 1. The first kappa shape index (κ1) is 17.7. The van der Waals surface area contributed by atoms with E-state index < -0.39 is 23.6 Å². The van der Waals surface area contributed by atoms with Gasteiger partial charge < -0.3 is 25.8 Å². The van der Waals surface area contributed by atoms with Gasteiger partial charge in [0.25, 0.3) is 0 Å². The third-order valence-corrected chi connectivity index (χ3v) is 5.49. The van der Waals surface area contributed by atoms with Crippen LogP contribution in [-0.4, -0.2) is 42.6 Å². The lowest BCUT2D eigenvalue weighted by molar-refractivity contribution is -0.126. The molecule has 0 saturated carbocycles. The van der Waals surface area contributed by atoms with Gasteiger partial charge in [0, 0.05) is 18.2 Å². The summed E-state index contributed by atoms with van der Waals surface area (Å²) in [7, 11) is 0. The van der Waals surface area contributed by atoms with Crippen molar-refractivity contribution in [1.82, 2.24) is 10.2 Å². The molecule has 2 amide bonds. The van der Waals surface area contributed by atoms with Crippen LogP contribution in [0.25, 0.3) is 0 Å². The van der Waals surface area contributed by atoms with Gasteiger partial charge in [-0.25, -0.2) is 4.79 Å². The molecule has 1 aromatic carbocycles. The van der Waals surface area contributed by atoms with Gasteiger partial charge >= 0.3 is 6.09 Å². The van der Waals surface area contributed by atoms with Crippen LogP contribution >= 0.6 is 0 Å². The molecule has 8 heteroatoms. The van der Waals surface area contributed by atoms with Gasteiger partial charge in [-0.1, -0.05) is 18.6 Å². The summed E-state index contributed by atoms with van der Waals surface area (Å²) in [6, 6.07) is 5.11. The second kappa shape index (κ2) is 7.11. The van der Waals surface area contributed by atoms with Crippen LogP contribution in [0.4, 0.5) is 10.5 Å². The summed E-state index contributed by atoms with van der Waals surface area (Å²) in [4.78, 5) is 26.4. The van der Waals surface area contributed by atoms with Crippen LogP contribution in [0.3, 0.4) is 0 Å². The average Bonchev–Trinajstić information content (AvgIpc) is 3.08. The first-order valence-corrected chi connectivity index (χ1v) is 9.31. The number of ether oxygens (including phenoxy) is 2. The molecular weight excluding hydrogens is 348 g/mol. The number of likely N-dealkylation sites (tertiary alicyclic amines) is 1. The Labute approximate surface area is 157 Å². The molecule has 2 saturated heterocycles. The molecule has 4 N–H and O–H groups in total. The Morgan fingerprint density at radius 1 is 1.30 bits per heavy atom. The fourth-order valence-electron chi connectivity index (χ4n) is 4.15. The molecule has 3 aliphatic rings. The molecule has 2 fully saturated rings. The monoisotopic (exact) mass is 372 g/mol. The second-order valence-electron chi connectivity index (χ2n) is 7.20. The highest BCUT2D eigenvalue weighted by Gasteiger charge is 2.48. The number of amides is 2. The summed E-state index contributed by atoms with van der Waals surface area (Å²) in [5.41, 5.74) is 6.24. The number of hydrogen-bond acceptors (Lipinski definition) is 6. The van der Waals surface area contributed by atoms with Gasteiger partial charge in [0.05, 0.1) is 18.3 Å². The molecule has 144 valence electrons. The predicted molar refractivity (Wildman–Crippen MR) is 99.0 cm³/mol. The third-order valence-electron chi connectivity index (χ3n) is 5.49. The number of alkyl carbamates (subject to hydrolysis) is 1. The lowest BCUT2D eigenvalue weighted by Gasteiger charge is -2.38. The molecule has 0 aliphatic carbocycles. The average molecular weight is 372 g/mol. The van der Waals surface area contributed by atoms with Crippen LogP contribution in [0.1, 0.15) is 31.2 Å². The normalized spacial score (nSPS) is 25.6. The topological polar surface area (TPSA) is 106 Å². The van der Waals surface area contributed by atoms with E-state index in [2.05, 4.69) is 15.5 Å². The standard InChI is InChI=1S/C19H24N4O4/c20-17(24)15(23-8-2-1-3-9-23)11-19(12-22-18(25)27-19)13-5-4-6-14-16(13)26-10-7-21-14/h4-7,10,15,21H,1-3,8-9,11-12H2,(H2,20,24)(H,22,25)/t15?,19-/m1/s1. The van der Waals surface area contributed by atoms with Crippen LogP contribution in [0.15, 0.2) is 30.7 Å². The number of fused-ring (bicyclic) bond motifs is 1. The van der Waals surface area contributed by atoms with Crippen molar-refractivity contribution in [3.63, 3.8) is 0 Å². The summed E-state index contributed by atoms with van der Waals surface area (Å²) in [5, 5.41) is 5.86. The second-order valence-corrected chi connectivity index (χ2v) is 7.20. The zero-order chi connectivity index (χ0) is 18.9. The number of carbonyl (C=O) groups is 2. The number of hydrogen-bond donors (Lipinski definition) is 3. The summed E-state index contributed by atoms with van der Waals surface area (Å²) >= 11 is 0. The molecule has 0 spiro atoms. The van der Waals surface area contributed by atoms with Crippen LogP contribution in [0, 0.1) is 0 Å². The number of piperidine rings is 1. The minimum Gasteiger partial charge on any atom is -0.461 e. The maximum Gasteiger partial charge on any atom is 0.408 e. The number of nitrogens with two attached hydrogens (primary N) is 1. The van der Waals surface area contributed by atoms with Crippen LogP contribution in [0.5, 0.6) is 5.75 Å². The van der Waals surface area contributed by atoms with Gasteiger partial charge in [0.2, 0.25) is 5.91 Å². The zero-order valence-corrected chi connectivity index (χ0v) is 15.1. The van der Waals surface area contributed by atoms with E-state index in [1.54, 1.807) is 12.5 Å². The summed E-state index contributed by atoms with van der Waals surface area (Å²) < 4.78 is 11.5. The molecule has 4 rings (SSSR count). The molecule has 27 heavy (non-hydrogen) atoms. The number of para-hydroxylation sites is 1. The van der Waals surface area contributed by atoms with E-state index in [0.29, 0.717) is 5.75 Å². The van der Waals surface area contributed by atoms with Gasteiger partial charge in [0.1, 0.15) is 6.26 Å². The Bertz CT molecular complexity index is 775. The minimum atomic E-state index is -1.02. The molecular formula is C19H24N4O4. The number of nitrogens with one attached hydrogen (secondary N) is 2. The summed E-state index contributed by atoms with van der Waals surface area (Å²) in [6.07, 6.45) is 6.23. The first-order valence-electron chi connectivity index (χ1n) is 9.31. The lowest BCUT2D eigenvalue weighted by atomic mass is 9.85. The van der Waals surface area contributed by atoms with Gasteiger partial charge in [-0.05, 0) is 32.0 Å². The quantitative estimate of drug-likeness (QED) is 0.725. The fraction of sp³-hybridized carbons (Fsp3) is 0.474. The van der Waals surface area contributed by atoms with Gasteiger partial charge in [0.15, 0.2) is 11.4 Å². The predicted octanol–water partition coefficient (Wildman–Crippen LogP) is 1.63. The fourth-order valence-corrected chi connectivity index (χ4v) is 4.15. The Morgan fingerprint density at radius 2 is 2.11 bits per heavy atom. The molecule has 3 heterocycles. The molecule has 0 radical (unpaired) electrons. The highest BCUT2D eigenvalue weighted by Crippen LogP contribution is 2.44. The van der Waals surface area contributed by atoms with Crippen molar-refractivity contribution in [2.24, 2.45) is 5.73 Å². The molecule has 0 aromatic heterocycles. The molecule has 3 aliphatic heterocycles. The lowest BCUT2D eigenvalue weighted by Crippen LogP contribution is -2.51. The van der Waals surface area contributed by atoms with Gasteiger partial charge in [-0.2, -0.15) is 0 Å². The van der Waals surface area contributed by atoms with Crippen molar-refractivity contribution >= 4 is 17.7 Å². The number of benzene rings is 1. The highest BCUT2D eigenvalue weighted by atomic mass is 16.6. The van der Waals surface area contributed by atoms with Crippen LogP contribution < -0.4 is 21.1 Å². The zero-order valence-electron chi connectivity index (χ0n) is 15.1. The van der Waals surface area contributed by atoms with E-state index in [-0.39, 0.29) is 13.0 Å². The van der Waals surface area contributed by atoms with Gasteiger partial charge in [-0.3, -0.25) is 9.69 Å². The minimum absolute atomic E-state index is 0.257.